The number of nitrogens with zero attached hydrogens (tertiary/aromatic N) is 2. The molecule has 0 aromatic carbocycles. The smallest absolute Gasteiger partial charge is 0.273 e. The van der Waals surface area contributed by atoms with Crippen LogP contribution < -0.4 is 11.1 Å². The van der Waals surface area contributed by atoms with Crippen molar-refractivity contribution in [3.8, 4) is 0 Å². The van der Waals surface area contributed by atoms with Gasteiger partial charge in [0.25, 0.3) is 5.91 Å². The quantitative estimate of drug-likeness (QED) is 0.748. The van der Waals surface area contributed by atoms with Crippen LogP contribution in [0.1, 0.15) is 55.2 Å². The van der Waals surface area contributed by atoms with Gasteiger partial charge in [0.2, 0.25) is 5.91 Å². The zero-order valence-electron chi connectivity index (χ0n) is 12.6. The third-order valence-corrected chi connectivity index (χ3v) is 3.71. The van der Waals surface area contributed by atoms with E-state index in [-0.39, 0.29) is 23.4 Å². The summed E-state index contributed by atoms with van der Waals surface area (Å²) in [4.78, 5) is 25.7. The van der Waals surface area contributed by atoms with E-state index in [0.717, 1.165) is 31.6 Å². The van der Waals surface area contributed by atoms with Crippen molar-refractivity contribution in [2.75, 3.05) is 25.4 Å². The summed E-state index contributed by atoms with van der Waals surface area (Å²) < 4.78 is 0. The summed E-state index contributed by atoms with van der Waals surface area (Å²) in [5.74, 6) is -0.0775. The first-order valence-electron chi connectivity index (χ1n) is 7.40. The number of hydrogen-bond acceptors (Lipinski definition) is 4. The number of aromatic nitrogens is 2. The molecule has 2 rings (SSSR count). The number of rotatable bonds is 5. The Morgan fingerprint density at radius 3 is 2.62 bits per heavy atom. The van der Waals surface area contributed by atoms with Crippen LogP contribution in [0.15, 0.2) is 0 Å². The maximum absolute atomic E-state index is 12.0. The van der Waals surface area contributed by atoms with Gasteiger partial charge in [0.05, 0.1) is 11.4 Å². The number of nitrogens with two attached hydrogens (primary N) is 1. The summed E-state index contributed by atoms with van der Waals surface area (Å²) in [5.41, 5.74) is 7.25. The lowest BCUT2D eigenvalue weighted by atomic mass is 10.1. The van der Waals surface area contributed by atoms with E-state index in [1.54, 1.807) is 0 Å². The minimum atomic E-state index is -0.343. The van der Waals surface area contributed by atoms with Crippen molar-refractivity contribution in [3.63, 3.8) is 0 Å². The molecule has 0 aliphatic carbocycles. The second-order valence-corrected chi connectivity index (χ2v) is 5.65. The van der Waals surface area contributed by atoms with Gasteiger partial charge < -0.3 is 16.0 Å². The number of carbonyl (C=O) groups excluding carboxylic acids is 2. The molecule has 0 unspecified atom stereocenters. The van der Waals surface area contributed by atoms with Gasteiger partial charge in [-0.05, 0) is 18.8 Å². The van der Waals surface area contributed by atoms with E-state index in [9.17, 15) is 9.59 Å². The number of hydrogen-bond donors (Lipinski definition) is 3. The summed E-state index contributed by atoms with van der Waals surface area (Å²) in [6.45, 7) is 5.91. The highest BCUT2D eigenvalue weighted by molar-refractivity contribution is 5.97. The largest absolute Gasteiger partial charge is 0.395 e. The summed E-state index contributed by atoms with van der Waals surface area (Å²) >= 11 is 0. The molecule has 116 valence electrons. The number of carbonyl (C=O) groups is 2. The zero-order chi connectivity index (χ0) is 15.4. The Morgan fingerprint density at radius 1 is 1.38 bits per heavy atom. The van der Waals surface area contributed by atoms with Crippen molar-refractivity contribution < 1.29 is 9.59 Å². The number of H-pyrrole nitrogens is 1. The van der Waals surface area contributed by atoms with E-state index < -0.39 is 0 Å². The molecule has 1 aliphatic heterocycles. The molecule has 7 heteroatoms. The average Bonchev–Trinajstić information content (AvgIpc) is 3.07. The lowest BCUT2D eigenvalue weighted by Gasteiger charge is -2.15. The molecule has 2 amide bonds. The predicted octanol–water partition coefficient (Wildman–Crippen LogP) is 0.858. The molecule has 1 aromatic rings. The Labute approximate surface area is 124 Å². The van der Waals surface area contributed by atoms with Gasteiger partial charge in [-0.2, -0.15) is 5.10 Å². The van der Waals surface area contributed by atoms with Crippen molar-refractivity contribution in [1.82, 2.24) is 20.4 Å². The van der Waals surface area contributed by atoms with E-state index in [2.05, 4.69) is 15.5 Å². The molecule has 1 aromatic heterocycles. The number of aromatic amines is 1. The Kier molecular flexibility index (Phi) is 4.82. The van der Waals surface area contributed by atoms with Gasteiger partial charge in [-0.25, -0.2) is 0 Å². The van der Waals surface area contributed by atoms with Gasteiger partial charge in [-0.3, -0.25) is 14.7 Å². The van der Waals surface area contributed by atoms with Crippen LogP contribution in [0.4, 0.5) is 5.69 Å². The first-order chi connectivity index (χ1) is 10.0. The molecule has 0 atom stereocenters. The third kappa shape index (κ3) is 3.53. The first-order valence-corrected chi connectivity index (χ1v) is 7.40. The molecule has 1 saturated heterocycles. The molecule has 2 heterocycles. The molecule has 21 heavy (non-hydrogen) atoms. The highest BCUT2D eigenvalue weighted by atomic mass is 16.2. The summed E-state index contributed by atoms with van der Waals surface area (Å²) in [7, 11) is 0. The van der Waals surface area contributed by atoms with Crippen LogP contribution in [0.3, 0.4) is 0 Å². The first kappa shape index (κ1) is 15.3. The molecule has 0 radical (unpaired) electrons. The Hall–Kier alpha value is -2.05. The van der Waals surface area contributed by atoms with E-state index in [4.69, 9.17) is 5.73 Å². The molecule has 1 fully saturated rings. The Balaban J connectivity index is 1.83. The van der Waals surface area contributed by atoms with Crippen LogP contribution >= 0.6 is 0 Å². The minimum absolute atomic E-state index is 0.0886. The molecular formula is C14H23N5O2. The van der Waals surface area contributed by atoms with Crippen LogP contribution in [0.5, 0.6) is 0 Å². The molecule has 0 spiro atoms. The lowest BCUT2D eigenvalue weighted by molar-refractivity contribution is -0.129. The van der Waals surface area contributed by atoms with Gasteiger partial charge in [0.15, 0.2) is 5.69 Å². The molecule has 0 bridgehead atoms. The van der Waals surface area contributed by atoms with Crippen LogP contribution in [-0.2, 0) is 4.79 Å². The average molecular weight is 293 g/mol. The highest BCUT2D eigenvalue weighted by Gasteiger charge is 2.20. The van der Waals surface area contributed by atoms with Crippen LogP contribution in [0.25, 0.3) is 0 Å². The van der Waals surface area contributed by atoms with Crippen LogP contribution in [0.2, 0.25) is 0 Å². The minimum Gasteiger partial charge on any atom is -0.395 e. The van der Waals surface area contributed by atoms with Crippen LogP contribution in [0, 0.1) is 0 Å². The monoisotopic (exact) mass is 293 g/mol. The van der Waals surface area contributed by atoms with E-state index in [1.165, 1.54) is 0 Å². The number of amides is 2. The van der Waals surface area contributed by atoms with Gasteiger partial charge in [-0.15, -0.1) is 0 Å². The standard InChI is InChI=1S/C14H23N5O2/c1-9(2)12-11(15)13(18-17-12)14(21)16-6-5-10(20)19-7-3-4-8-19/h9H,3-8,15H2,1-2H3,(H,16,21)(H,17,18). The second-order valence-electron chi connectivity index (χ2n) is 5.65. The molecule has 1 aliphatic rings. The number of nitrogen functional groups attached to an aromatic ring is 1. The van der Waals surface area contributed by atoms with E-state index >= 15 is 0 Å². The fourth-order valence-corrected chi connectivity index (χ4v) is 2.47. The molecular weight excluding hydrogens is 270 g/mol. The lowest BCUT2D eigenvalue weighted by Crippen LogP contribution is -2.33. The van der Waals surface area contributed by atoms with Crippen molar-refractivity contribution in [2.45, 2.75) is 39.0 Å². The van der Waals surface area contributed by atoms with Crippen LogP contribution in [-0.4, -0.2) is 46.5 Å². The zero-order valence-corrected chi connectivity index (χ0v) is 12.6. The number of nitrogens with one attached hydrogen (secondary N) is 2. The maximum Gasteiger partial charge on any atom is 0.273 e. The normalized spacial score (nSPS) is 14.7. The fourth-order valence-electron chi connectivity index (χ4n) is 2.47. The van der Waals surface area contributed by atoms with Gasteiger partial charge in [0.1, 0.15) is 0 Å². The van der Waals surface area contributed by atoms with Crippen molar-refractivity contribution >= 4 is 17.5 Å². The molecule has 4 N–H and O–H groups in total. The Morgan fingerprint density at radius 2 is 2.05 bits per heavy atom. The number of likely N-dealkylation sites (tertiary alicyclic amines) is 1. The Bertz CT molecular complexity index is 517. The third-order valence-electron chi connectivity index (χ3n) is 3.71. The van der Waals surface area contributed by atoms with Crippen molar-refractivity contribution in [2.24, 2.45) is 0 Å². The van der Waals surface area contributed by atoms with E-state index in [0.29, 0.717) is 18.7 Å². The maximum atomic E-state index is 12.0. The molecule has 7 nitrogen and oxygen atoms in total. The topological polar surface area (TPSA) is 104 Å². The second kappa shape index (κ2) is 6.60. The van der Waals surface area contributed by atoms with E-state index in [1.807, 2.05) is 18.7 Å². The summed E-state index contributed by atoms with van der Waals surface area (Å²) in [6.07, 6.45) is 2.45. The van der Waals surface area contributed by atoms with Crippen molar-refractivity contribution in [3.05, 3.63) is 11.4 Å². The van der Waals surface area contributed by atoms with Gasteiger partial charge >= 0.3 is 0 Å². The number of anilines is 1. The predicted molar refractivity (Wildman–Crippen MR) is 79.9 cm³/mol. The fraction of sp³-hybridized carbons (Fsp3) is 0.643. The van der Waals surface area contributed by atoms with Gasteiger partial charge in [0, 0.05) is 26.1 Å². The highest BCUT2D eigenvalue weighted by Crippen LogP contribution is 2.21. The summed E-state index contributed by atoms with van der Waals surface area (Å²) in [6, 6.07) is 0. The summed E-state index contributed by atoms with van der Waals surface area (Å²) in [5, 5.41) is 9.44. The molecule has 0 saturated carbocycles. The van der Waals surface area contributed by atoms with Gasteiger partial charge in [-0.1, -0.05) is 13.8 Å². The van der Waals surface area contributed by atoms with Crippen molar-refractivity contribution in [1.29, 1.82) is 0 Å². The SMILES string of the molecule is CC(C)c1[nH]nc(C(=O)NCCC(=O)N2CCCC2)c1N.